The first-order chi connectivity index (χ1) is 14.6. The molecule has 0 unspecified atom stereocenters. The van der Waals surface area contributed by atoms with Crippen LogP contribution in [0.1, 0.15) is 23.0 Å². The van der Waals surface area contributed by atoms with E-state index in [-0.39, 0.29) is 22.8 Å². The molecule has 2 aromatic rings. The smallest absolute Gasteiger partial charge is 0.352 e. The molecule has 0 radical (unpaired) electrons. The first kappa shape index (κ1) is 22.7. The summed E-state index contributed by atoms with van der Waals surface area (Å²) >= 11 is 5.80. The number of nitrogens with one attached hydrogen (secondary N) is 2. The maximum Gasteiger partial charge on any atom is 0.433 e. The van der Waals surface area contributed by atoms with E-state index >= 15 is 0 Å². The summed E-state index contributed by atoms with van der Waals surface area (Å²) in [6.07, 6.45) is -4.74. The van der Waals surface area contributed by atoms with Crippen LogP contribution in [0.2, 0.25) is 5.02 Å². The Morgan fingerprint density at radius 3 is 2.71 bits per heavy atom. The Balaban J connectivity index is 1.99. The second kappa shape index (κ2) is 9.04. The molecule has 12 heteroatoms. The quantitative estimate of drug-likeness (QED) is 0.683. The lowest BCUT2D eigenvalue weighted by molar-refractivity contribution is -0.141. The van der Waals surface area contributed by atoms with Gasteiger partial charge in [0.25, 0.3) is 0 Å². The molecule has 6 nitrogen and oxygen atoms in total. The number of carbonyl (C=O) groups excluding carboxylic acids is 2. The summed E-state index contributed by atoms with van der Waals surface area (Å²) in [5, 5.41) is 4.57. The average Bonchev–Trinajstić information content (AvgIpc) is 2.73. The van der Waals surface area contributed by atoms with Gasteiger partial charge in [-0.3, -0.25) is 4.79 Å². The molecule has 31 heavy (non-hydrogen) atoms. The van der Waals surface area contributed by atoms with Crippen molar-refractivity contribution in [1.29, 1.82) is 0 Å². The normalized spacial score (nSPS) is 17.8. The topological polar surface area (TPSA) is 74.3 Å². The van der Waals surface area contributed by atoms with Gasteiger partial charge in [0.15, 0.2) is 0 Å². The number of alkyl halides is 4. The number of aromatic nitrogens is 1. The van der Waals surface area contributed by atoms with Crippen molar-refractivity contribution in [3.8, 4) is 0 Å². The van der Waals surface area contributed by atoms with Crippen molar-refractivity contribution >= 4 is 23.5 Å². The zero-order valence-corrected chi connectivity index (χ0v) is 16.5. The number of rotatable bonds is 4. The number of benzene rings is 1. The number of pyridine rings is 1. The van der Waals surface area contributed by atoms with E-state index < -0.39 is 54.9 Å². The molecular formula is C19H16ClF5N4O2. The first-order valence-corrected chi connectivity index (χ1v) is 9.37. The minimum atomic E-state index is -4.74. The standard InChI is InChI=1S/C19H16ClF5N4O2/c20-12-6-10(4-5-13(12)22)17(14-2-1-3-15(27-14)19(23,24)25)28-18(31)29-9-16(30)26-8-11(29)7-21/h1-6,11,17H,7-9H2,(H,26,30)(H,28,31)/t11-,17-/m0/s1. The van der Waals surface area contributed by atoms with Gasteiger partial charge in [0.05, 0.1) is 22.8 Å². The van der Waals surface area contributed by atoms with Crippen LogP contribution in [0.3, 0.4) is 0 Å². The molecule has 0 saturated carbocycles. The fraction of sp³-hybridized carbons (Fsp3) is 0.316. The molecule has 1 aromatic heterocycles. The number of nitrogens with zero attached hydrogens (tertiary/aromatic N) is 2. The zero-order chi connectivity index (χ0) is 22.8. The van der Waals surface area contributed by atoms with Crippen LogP contribution >= 0.6 is 11.6 Å². The van der Waals surface area contributed by atoms with Gasteiger partial charge in [-0.05, 0) is 29.8 Å². The summed E-state index contributed by atoms with van der Waals surface area (Å²) in [5.74, 6) is -1.28. The Morgan fingerprint density at radius 1 is 1.32 bits per heavy atom. The van der Waals surface area contributed by atoms with E-state index in [9.17, 15) is 31.5 Å². The van der Waals surface area contributed by atoms with Crippen molar-refractivity contribution in [2.24, 2.45) is 0 Å². The highest BCUT2D eigenvalue weighted by Gasteiger charge is 2.35. The van der Waals surface area contributed by atoms with E-state index in [1.54, 1.807) is 0 Å². The Morgan fingerprint density at radius 2 is 2.06 bits per heavy atom. The molecule has 3 amide bonds. The highest BCUT2D eigenvalue weighted by Crippen LogP contribution is 2.31. The molecule has 166 valence electrons. The van der Waals surface area contributed by atoms with Crippen molar-refractivity contribution < 1.29 is 31.5 Å². The van der Waals surface area contributed by atoms with Crippen molar-refractivity contribution in [3.05, 3.63) is 64.2 Å². The molecular weight excluding hydrogens is 447 g/mol. The van der Waals surface area contributed by atoms with E-state index in [2.05, 4.69) is 15.6 Å². The van der Waals surface area contributed by atoms with Crippen molar-refractivity contribution in [2.75, 3.05) is 19.8 Å². The van der Waals surface area contributed by atoms with Gasteiger partial charge >= 0.3 is 12.2 Å². The predicted molar refractivity (Wildman–Crippen MR) is 101 cm³/mol. The largest absolute Gasteiger partial charge is 0.433 e. The molecule has 2 heterocycles. The third-order valence-corrected chi connectivity index (χ3v) is 4.92. The number of carbonyl (C=O) groups is 2. The summed E-state index contributed by atoms with van der Waals surface area (Å²) in [5.41, 5.74) is -1.26. The third-order valence-electron chi connectivity index (χ3n) is 4.63. The molecule has 1 aliphatic heterocycles. The van der Waals surface area contributed by atoms with E-state index in [0.29, 0.717) is 0 Å². The van der Waals surface area contributed by atoms with Gasteiger partial charge in [-0.2, -0.15) is 13.2 Å². The number of amides is 3. The van der Waals surface area contributed by atoms with Gasteiger partial charge in [-0.15, -0.1) is 0 Å². The molecule has 0 spiro atoms. The summed E-state index contributed by atoms with van der Waals surface area (Å²) in [6, 6.07) is 3.33. The van der Waals surface area contributed by atoms with Crippen molar-refractivity contribution in [1.82, 2.24) is 20.5 Å². The lowest BCUT2D eigenvalue weighted by Gasteiger charge is -2.35. The van der Waals surface area contributed by atoms with Crippen LogP contribution in [0.15, 0.2) is 36.4 Å². The SMILES string of the molecule is O=C1CN(C(=O)N[C@@H](c2ccc(F)c(Cl)c2)c2cccc(C(F)(F)F)n2)[C@@H](CF)CN1. The second-order valence-corrected chi connectivity index (χ2v) is 7.15. The van der Waals surface area contributed by atoms with Gasteiger partial charge in [0.2, 0.25) is 5.91 Å². The number of halogens is 6. The third kappa shape index (κ3) is 5.22. The summed E-state index contributed by atoms with van der Waals surface area (Å²) < 4.78 is 66.3. The number of hydrogen-bond donors (Lipinski definition) is 2. The van der Waals surface area contributed by atoms with Gasteiger partial charge in [-0.1, -0.05) is 23.7 Å². The Labute approximate surface area is 178 Å². The van der Waals surface area contributed by atoms with E-state index in [4.69, 9.17) is 11.6 Å². The maximum absolute atomic E-state index is 13.6. The van der Waals surface area contributed by atoms with Gasteiger partial charge in [-0.25, -0.2) is 18.6 Å². The fourth-order valence-corrected chi connectivity index (χ4v) is 3.24. The summed E-state index contributed by atoms with van der Waals surface area (Å²) in [4.78, 5) is 29.0. The Bertz CT molecular complexity index is 988. The average molecular weight is 463 g/mol. The van der Waals surface area contributed by atoms with E-state index in [0.717, 1.165) is 29.2 Å². The van der Waals surface area contributed by atoms with Crippen LogP contribution < -0.4 is 10.6 Å². The van der Waals surface area contributed by atoms with E-state index in [1.165, 1.54) is 12.1 Å². The van der Waals surface area contributed by atoms with Crippen LogP contribution in [0.4, 0.5) is 26.7 Å². The van der Waals surface area contributed by atoms with Crippen LogP contribution in [-0.2, 0) is 11.0 Å². The molecule has 1 aromatic carbocycles. The Kier molecular flexibility index (Phi) is 6.63. The van der Waals surface area contributed by atoms with E-state index in [1.807, 2.05) is 0 Å². The molecule has 0 bridgehead atoms. The molecule has 0 aliphatic carbocycles. The molecule has 1 aliphatic rings. The van der Waals surface area contributed by atoms with Gasteiger partial charge in [0, 0.05) is 6.54 Å². The number of hydrogen-bond acceptors (Lipinski definition) is 3. The van der Waals surface area contributed by atoms with Gasteiger partial charge < -0.3 is 15.5 Å². The highest BCUT2D eigenvalue weighted by atomic mass is 35.5. The lowest BCUT2D eigenvalue weighted by Crippen LogP contribution is -2.59. The molecule has 2 N–H and O–H groups in total. The number of urea groups is 1. The Hall–Kier alpha value is -2.95. The maximum atomic E-state index is 13.6. The van der Waals surface area contributed by atoms with Crippen LogP contribution in [0.5, 0.6) is 0 Å². The van der Waals surface area contributed by atoms with Crippen molar-refractivity contribution in [3.63, 3.8) is 0 Å². The summed E-state index contributed by atoms with van der Waals surface area (Å²) in [7, 11) is 0. The van der Waals surface area contributed by atoms with Gasteiger partial charge in [0.1, 0.15) is 24.7 Å². The minimum Gasteiger partial charge on any atom is -0.352 e. The lowest BCUT2D eigenvalue weighted by atomic mass is 10.0. The summed E-state index contributed by atoms with van der Waals surface area (Å²) in [6.45, 7) is -1.49. The van der Waals surface area contributed by atoms with Crippen molar-refractivity contribution in [2.45, 2.75) is 18.3 Å². The highest BCUT2D eigenvalue weighted by molar-refractivity contribution is 6.30. The number of piperazine rings is 1. The zero-order valence-electron chi connectivity index (χ0n) is 15.7. The first-order valence-electron chi connectivity index (χ1n) is 8.99. The van der Waals surface area contributed by atoms with Crippen LogP contribution in [0, 0.1) is 5.82 Å². The molecule has 3 rings (SSSR count). The second-order valence-electron chi connectivity index (χ2n) is 6.74. The fourth-order valence-electron chi connectivity index (χ4n) is 3.05. The van der Waals surface area contributed by atoms with Crippen LogP contribution in [-0.4, -0.2) is 47.6 Å². The molecule has 1 fully saturated rings. The molecule has 2 atom stereocenters. The molecule has 1 saturated heterocycles. The minimum absolute atomic E-state index is 0.113. The predicted octanol–water partition coefficient (Wildman–Crippen LogP) is 3.46. The van der Waals surface area contributed by atoms with Crippen LogP contribution in [0.25, 0.3) is 0 Å². The monoisotopic (exact) mass is 462 g/mol.